The normalized spacial score (nSPS) is 15.9. The van der Waals surface area contributed by atoms with Gasteiger partial charge in [0.25, 0.3) is 12.4 Å². The van der Waals surface area contributed by atoms with Crippen LogP contribution < -0.4 is 0 Å². The molecule has 0 aromatic heterocycles. The quantitative estimate of drug-likeness (QED) is 0.235. The first-order chi connectivity index (χ1) is 18.9. The number of carbonyl (C=O) groups excluding carboxylic acids is 2. The van der Waals surface area contributed by atoms with Crippen LogP contribution in [0.5, 0.6) is 0 Å². The molecule has 1 aliphatic heterocycles. The standard InChI is InChI=1S/C32H36Cl2N2O3/c1-3-24-9-7-8-12-28(24)32(39-23-37)16-19-36(20-17-32)18-15-27(26-13-14-29(33)30(34)21-26)22-35(2)31(38)25-10-5-4-6-11-25/h4-14,21,23,27H,3,15-20,22H2,1-2H3. The molecule has 1 aliphatic rings. The molecule has 0 bridgehead atoms. The van der Waals surface area contributed by atoms with Crippen LogP contribution in [0.1, 0.15) is 59.2 Å². The summed E-state index contributed by atoms with van der Waals surface area (Å²) in [6, 6.07) is 23.3. The van der Waals surface area contributed by atoms with Crippen molar-refractivity contribution in [3.05, 3.63) is 105 Å². The molecule has 0 spiro atoms. The van der Waals surface area contributed by atoms with Crippen molar-refractivity contribution in [1.29, 1.82) is 0 Å². The predicted molar refractivity (Wildman–Crippen MR) is 158 cm³/mol. The highest BCUT2D eigenvalue weighted by molar-refractivity contribution is 6.42. The van der Waals surface area contributed by atoms with Gasteiger partial charge in [-0.25, -0.2) is 0 Å². The lowest BCUT2D eigenvalue weighted by Gasteiger charge is -2.42. The van der Waals surface area contributed by atoms with Crippen LogP contribution in [0.2, 0.25) is 10.0 Å². The number of carbonyl (C=O) groups is 2. The van der Waals surface area contributed by atoms with Crippen LogP contribution in [-0.2, 0) is 21.6 Å². The SMILES string of the molecule is CCc1ccccc1C1(OC=O)CCN(CCC(CN(C)C(=O)c2ccccc2)c2ccc(Cl)c(Cl)c2)CC1. The molecule has 4 rings (SSSR count). The van der Waals surface area contributed by atoms with Gasteiger partial charge in [0.2, 0.25) is 0 Å². The molecule has 3 aromatic carbocycles. The van der Waals surface area contributed by atoms with Gasteiger partial charge in [-0.15, -0.1) is 0 Å². The first-order valence-electron chi connectivity index (χ1n) is 13.5. The van der Waals surface area contributed by atoms with E-state index in [1.165, 1.54) is 5.56 Å². The topological polar surface area (TPSA) is 49.9 Å². The maximum Gasteiger partial charge on any atom is 0.293 e. The predicted octanol–water partition coefficient (Wildman–Crippen LogP) is 6.97. The molecule has 39 heavy (non-hydrogen) atoms. The highest BCUT2D eigenvalue weighted by Gasteiger charge is 2.39. The van der Waals surface area contributed by atoms with Crippen LogP contribution in [0.15, 0.2) is 72.8 Å². The fraction of sp³-hybridized carbons (Fsp3) is 0.375. The Labute approximate surface area is 241 Å². The third kappa shape index (κ3) is 7.02. The molecule has 0 saturated carbocycles. The summed E-state index contributed by atoms with van der Waals surface area (Å²) in [7, 11) is 1.84. The molecule has 1 unspecified atom stereocenters. The Bertz CT molecular complexity index is 1260. The first kappa shape index (κ1) is 29.1. The number of hydrogen-bond donors (Lipinski definition) is 0. The summed E-state index contributed by atoms with van der Waals surface area (Å²) in [4.78, 5) is 28.8. The van der Waals surface area contributed by atoms with Crippen molar-refractivity contribution in [2.75, 3.05) is 33.2 Å². The minimum Gasteiger partial charge on any atom is -0.456 e. The second-order valence-electron chi connectivity index (χ2n) is 10.3. The molecule has 1 fully saturated rings. The van der Waals surface area contributed by atoms with Crippen molar-refractivity contribution in [2.45, 2.75) is 44.1 Å². The molecule has 1 heterocycles. The Morgan fingerprint density at radius 1 is 1.03 bits per heavy atom. The maximum absolute atomic E-state index is 13.1. The molecule has 0 aliphatic carbocycles. The summed E-state index contributed by atoms with van der Waals surface area (Å²) in [6.45, 7) is 5.78. The Morgan fingerprint density at radius 3 is 2.38 bits per heavy atom. The fourth-order valence-electron chi connectivity index (χ4n) is 5.64. The number of aryl methyl sites for hydroxylation is 1. The monoisotopic (exact) mass is 566 g/mol. The number of halogens is 2. The Kier molecular flexibility index (Phi) is 10.1. The van der Waals surface area contributed by atoms with E-state index in [4.69, 9.17) is 27.9 Å². The van der Waals surface area contributed by atoms with Crippen molar-refractivity contribution < 1.29 is 14.3 Å². The molecular formula is C32H36Cl2N2O3. The zero-order valence-electron chi connectivity index (χ0n) is 22.6. The average Bonchev–Trinajstić information content (AvgIpc) is 2.97. The van der Waals surface area contributed by atoms with Gasteiger partial charge in [-0.1, -0.05) is 78.7 Å². The molecule has 1 saturated heterocycles. The van der Waals surface area contributed by atoms with Crippen LogP contribution in [0.4, 0.5) is 0 Å². The molecule has 5 nitrogen and oxygen atoms in total. The minimum absolute atomic E-state index is 0.0102. The van der Waals surface area contributed by atoms with Crippen molar-refractivity contribution in [3.8, 4) is 0 Å². The van der Waals surface area contributed by atoms with Crippen LogP contribution in [0, 0.1) is 0 Å². The third-order valence-electron chi connectivity index (χ3n) is 7.90. The highest BCUT2D eigenvalue weighted by Crippen LogP contribution is 2.39. The summed E-state index contributed by atoms with van der Waals surface area (Å²) < 4.78 is 5.81. The number of piperidine rings is 1. The fourth-order valence-corrected chi connectivity index (χ4v) is 5.94. The maximum atomic E-state index is 13.1. The number of benzene rings is 3. The van der Waals surface area contributed by atoms with E-state index in [2.05, 4.69) is 24.0 Å². The summed E-state index contributed by atoms with van der Waals surface area (Å²) in [5, 5.41) is 1.03. The lowest BCUT2D eigenvalue weighted by atomic mass is 9.81. The van der Waals surface area contributed by atoms with Gasteiger partial charge in [0.1, 0.15) is 5.60 Å². The zero-order valence-corrected chi connectivity index (χ0v) is 24.1. The van der Waals surface area contributed by atoms with Crippen molar-refractivity contribution in [3.63, 3.8) is 0 Å². The number of likely N-dealkylation sites (N-methyl/N-ethyl adjacent to an activating group) is 1. The summed E-state index contributed by atoms with van der Waals surface area (Å²) in [5.41, 5.74) is 3.48. The molecule has 0 N–H and O–H groups in total. The molecule has 0 radical (unpaired) electrons. The van der Waals surface area contributed by atoms with Gasteiger partial charge in [0, 0.05) is 51.0 Å². The molecule has 206 valence electrons. The van der Waals surface area contributed by atoms with E-state index >= 15 is 0 Å². The molecule has 1 atom stereocenters. The van der Waals surface area contributed by atoms with E-state index in [0.717, 1.165) is 56.4 Å². The first-order valence-corrected chi connectivity index (χ1v) is 14.3. The molecule has 3 aromatic rings. The van der Waals surface area contributed by atoms with Gasteiger partial charge in [-0.2, -0.15) is 0 Å². The van der Waals surface area contributed by atoms with E-state index < -0.39 is 5.60 Å². The number of ether oxygens (including phenoxy) is 1. The van der Waals surface area contributed by atoms with Gasteiger partial charge >= 0.3 is 0 Å². The summed E-state index contributed by atoms with van der Waals surface area (Å²) >= 11 is 12.6. The van der Waals surface area contributed by atoms with E-state index in [9.17, 15) is 9.59 Å². The second kappa shape index (κ2) is 13.5. The number of nitrogens with zero attached hydrogens (tertiary/aromatic N) is 2. The van der Waals surface area contributed by atoms with Gasteiger partial charge in [-0.05, 0) is 60.3 Å². The van der Waals surface area contributed by atoms with Crippen LogP contribution >= 0.6 is 23.2 Å². The van der Waals surface area contributed by atoms with E-state index in [0.29, 0.717) is 28.6 Å². The minimum atomic E-state index is -0.587. The zero-order chi connectivity index (χ0) is 27.8. The number of amides is 1. The van der Waals surface area contributed by atoms with E-state index in [-0.39, 0.29) is 11.8 Å². The molecule has 1 amide bonds. The third-order valence-corrected chi connectivity index (χ3v) is 8.64. The lowest BCUT2D eigenvalue weighted by molar-refractivity contribution is -0.150. The van der Waals surface area contributed by atoms with Gasteiger partial charge in [-0.3, -0.25) is 9.59 Å². The number of rotatable bonds is 11. The van der Waals surface area contributed by atoms with Crippen LogP contribution in [0.3, 0.4) is 0 Å². The van der Waals surface area contributed by atoms with Crippen LogP contribution in [0.25, 0.3) is 0 Å². The van der Waals surface area contributed by atoms with Crippen molar-refractivity contribution in [2.24, 2.45) is 0 Å². The Balaban J connectivity index is 1.46. The van der Waals surface area contributed by atoms with E-state index in [1.807, 2.05) is 67.7 Å². The average molecular weight is 568 g/mol. The lowest BCUT2D eigenvalue weighted by Crippen LogP contribution is -2.45. The molecular weight excluding hydrogens is 531 g/mol. The number of hydrogen-bond acceptors (Lipinski definition) is 4. The summed E-state index contributed by atoms with van der Waals surface area (Å²) in [6.07, 6.45) is 3.22. The van der Waals surface area contributed by atoms with Gasteiger partial charge in [0.15, 0.2) is 0 Å². The Morgan fingerprint density at radius 2 is 1.72 bits per heavy atom. The molecule has 7 heteroatoms. The Hall–Kier alpha value is -2.86. The van der Waals surface area contributed by atoms with Crippen molar-refractivity contribution in [1.82, 2.24) is 9.80 Å². The largest absolute Gasteiger partial charge is 0.456 e. The second-order valence-corrected chi connectivity index (χ2v) is 11.1. The highest BCUT2D eigenvalue weighted by atomic mass is 35.5. The number of likely N-dealkylation sites (tertiary alicyclic amines) is 1. The van der Waals surface area contributed by atoms with Gasteiger partial charge in [0.05, 0.1) is 10.0 Å². The summed E-state index contributed by atoms with van der Waals surface area (Å²) in [5.74, 6) is 0.0696. The van der Waals surface area contributed by atoms with E-state index in [1.54, 1.807) is 4.90 Å². The van der Waals surface area contributed by atoms with Crippen LogP contribution in [-0.4, -0.2) is 55.4 Å². The smallest absolute Gasteiger partial charge is 0.293 e. The van der Waals surface area contributed by atoms with Gasteiger partial charge < -0.3 is 14.5 Å². The van der Waals surface area contributed by atoms with Crippen molar-refractivity contribution >= 4 is 35.6 Å².